The van der Waals surface area contributed by atoms with Crippen molar-refractivity contribution in [2.75, 3.05) is 5.32 Å². The predicted octanol–water partition coefficient (Wildman–Crippen LogP) is 4.05. The lowest BCUT2D eigenvalue weighted by molar-refractivity contribution is -0.118. The van der Waals surface area contributed by atoms with E-state index in [1.54, 1.807) is 6.07 Å². The van der Waals surface area contributed by atoms with Crippen LogP contribution in [0.15, 0.2) is 16.6 Å². The molecular weight excluding hydrogens is 348 g/mol. The molecule has 1 rings (SSSR count). The third kappa shape index (κ3) is 4.44. The molecule has 0 radical (unpaired) electrons. The Morgan fingerprint density at radius 2 is 2.21 bits per heavy atom. The van der Waals surface area contributed by atoms with Gasteiger partial charge in [0, 0.05) is 9.50 Å². The topological polar surface area (TPSA) is 55.1 Å². The molecule has 104 valence electrons. The van der Waals surface area contributed by atoms with E-state index in [4.69, 9.17) is 29.6 Å². The second kappa shape index (κ2) is 7.22. The Labute approximate surface area is 132 Å². The van der Waals surface area contributed by atoms with E-state index < -0.39 is 5.92 Å². The van der Waals surface area contributed by atoms with Crippen LogP contribution in [0.2, 0.25) is 5.02 Å². The van der Waals surface area contributed by atoms with Crippen LogP contribution in [0.1, 0.15) is 25.3 Å². The van der Waals surface area contributed by atoms with Gasteiger partial charge in [0.25, 0.3) is 0 Å². The first-order valence-electron chi connectivity index (χ1n) is 5.92. The molecule has 0 saturated heterocycles. The third-order valence-electron chi connectivity index (χ3n) is 2.74. The normalized spacial score (nSPS) is 12.0. The summed E-state index contributed by atoms with van der Waals surface area (Å²) in [6.45, 7) is 3.88. The van der Waals surface area contributed by atoms with Crippen LogP contribution >= 0.6 is 39.7 Å². The summed E-state index contributed by atoms with van der Waals surface area (Å²) >= 11 is 14.4. The zero-order valence-corrected chi connectivity index (χ0v) is 14.0. The summed E-state index contributed by atoms with van der Waals surface area (Å²) in [4.78, 5) is 12.4. The lowest BCUT2D eigenvalue weighted by Gasteiger charge is -2.16. The van der Waals surface area contributed by atoms with E-state index in [1.165, 1.54) is 0 Å². The lowest BCUT2D eigenvalue weighted by Crippen LogP contribution is -2.33. The number of anilines is 1. The second-order valence-corrected chi connectivity index (χ2v) is 6.05. The molecule has 0 aliphatic heterocycles. The van der Waals surface area contributed by atoms with E-state index in [1.807, 2.05) is 19.9 Å². The number of amides is 1. The number of hydrogen-bond donors (Lipinski definition) is 2. The fourth-order valence-corrected chi connectivity index (χ4v) is 2.60. The maximum absolute atomic E-state index is 12.1. The molecule has 0 heterocycles. The summed E-state index contributed by atoms with van der Waals surface area (Å²) < 4.78 is 0.779. The molecule has 19 heavy (non-hydrogen) atoms. The number of halogens is 2. The number of nitrogens with one attached hydrogen (secondary N) is 1. The van der Waals surface area contributed by atoms with Gasteiger partial charge in [-0.1, -0.05) is 37.2 Å². The van der Waals surface area contributed by atoms with Crippen LogP contribution in [0.3, 0.4) is 0 Å². The fraction of sp³-hybridized carbons (Fsp3) is 0.385. The molecule has 0 spiro atoms. The summed E-state index contributed by atoms with van der Waals surface area (Å²) in [7, 11) is 0. The molecular formula is C13H16BrClN2OS. The molecule has 0 saturated carbocycles. The molecule has 1 aromatic rings. The Balaban J connectivity index is 2.92. The lowest BCUT2D eigenvalue weighted by atomic mass is 10.0. The predicted molar refractivity (Wildman–Crippen MR) is 87.7 cm³/mol. The van der Waals surface area contributed by atoms with Gasteiger partial charge < -0.3 is 11.1 Å². The molecule has 0 aromatic heterocycles. The molecule has 0 aliphatic rings. The van der Waals surface area contributed by atoms with E-state index in [-0.39, 0.29) is 10.9 Å². The Bertz CT molecular complexity index is 508. The average molecular weight is 364 g/mol. The van der Waals surface area contributed by atoms with Crippen molar-refractivity contribution in [2.45, 2.75) is 26.7 Å². The first-order chi connectivity index (χ1) is 8.86. The highest BCUT2D eigenvalue weighted by atomic mass is 79.9. The zero-order chi connectivity index (χ0) is 14.6. The van der Waals surface area contributed by atoms with Gasteiger partial charge in [-0.15, -0.1) is 0 Å². The number of nitrogens with two attached hydrogens (primary N) is 1. The van der Waals surface area contributed by atoms with Gasteiger partial charge in [0.15, 0.2) is 0 Å². The monoisotopic (exact) mass is 362 g/mol. The quantitative estimate of drug-likeness (QED) is 0.776. The fourth-order valence-electron chi connectivity index (χ4n) is 1.65. The van der Waals surface area contributed by atoms with Gasteiger partial charge in [-0.05, 0) is 47.0 Å². The smallest absolute Gasteiger partial charge is 0.234 e. The van der Waals surface area contributed by atoms with Crippen molar-refractivity contribution in [3.05, 3.63) is 27.2 Å². The molecule has 3 nitrogen and oxygen atoms in total. The summed E-state index contributed by atoms with van der Waals surface area (Å²) in [6, 6.07) is 3.56. The van der Waals surface area contributed by atoms with Gasteiger partial charge in [-0.25, -0.2) is 0 Å². The van der Waals surface area contributed by atoms with Crippen LogP contribution in [0.25, 0.3) is 0 Å². The van der Waals surface area contributed by atoms with Crippen LogP contribution in [0.4, 0.5) is 5.69 Å². The number of carbonyl (C=O) groups is 1. The van der Waals surface area contributed by atoms with Crippen molar-refractivity contribution in [3.8, 4) is 0 Å². The van der Waals surface area contributed by atoms with Crippen molar-refractivity contribution in [2.24, 2.45) is 11.7 Å². The maximum Gasteiger partial charge on any atom is 0.234 e. The number of rotatable bonds is 5. The van der Waals surface area contributed by atoms with Gasteiger partial charge in [0.2, 0.25) is 5.91 Å². The summed E-state index contributed by atoms with van der Waals surface area (Å²) in [5.74, 6) is -0.651. The number of carbonyl (C=O) groups excluding carboxylic acids is 1. The molecule has 6 heteroatoms. The van der Waals surface area contributed by atoms with Crippen molar-refractivity contribution in [3.63, 3.8) is 0 Å². The molecule has 0 fully saturated rings. The van der Waals surface area contributed by atoms with E-state index in [0.29, 0.717) is 17.1 Å². The van der Waals surface area contributed by atoms with Crippen molar-refractivity contribution < 1.29 is 4.79 Å². The second-order valence-electron chi connectivity index (χ2n) is 4.31. The Morgan fingerprint density at radius 3 is 2.74 bits per heavy atom. The number of hydrogen-bond acceptors (Lipinski definition) is 2. The molecule has 1 unspecified atom stereocenters. The van der Waals surface area contributed by atoms with Gasteiger partial charge in [0.1, 0.15) is 0 Å². The minimum Gasteiger partial charge on any atom is -0.393 e. The Kier molecular flexibility index (Phi) is 6.23. The van der Waals surface area contributed by atoms with Crippen LogP contribution in [-0.4, -0.2) is 10.9 Å². The average Bonchev–Trinajstić information content (AvgIpc) is 2.32. The summed E-state index contributed by atoms with van der Waals surface area (Å²) in [5.41, 5.74) is 7.16. The van der Waals surface area contributed by atoms with Crippen LogP contribution in [-0.2, 0) is 4.79 Å². The molecule has 1 aromatic carbocycles. The molecule has 3 N–H and O–H groups in total. The Morgan fingerprint density at radius 1 is 1.58 bits per heavy atom. The summed E-state index contributed by atoms with van der Waals surface area (Å²) in [5, 5.41) is 3.40. The summed E-state index contributed by atoms with van der Waals surface area (Å²) in [6.07, 6.45) is 1.48. The third-order valence-corrected chi connectivity index (χ3v) is 4.09. The van der Waals surface area contributed by atoms with Gasteiger partial charge in [-0.2, -0.15) is 0 Å². The highest BCUT2D eigenvalue weighted by molar-refractivity contribution is 9.10. The first kappa shape index (κ1) is 16.4. The highest BCUT2D eigenvalue weighted by Gasteiger charge is 2.21. The van der Waals surface area contributed by atoms with Gasteiger partial charge >= 0.3 is 0 Å². The SMILES string of the molecule is CCCC(C(=O)Nc1cc(Cl)c(C)cc1Br)C(N)=S. The van der Waals surface area contributed by atoms with E-state index in [9.17, 15) is 4.79 Å². The van der Waals surface area contributed by atoms with Crippen molar-refractivity contribution >= 4 is 56.3 Å². The van der Waals surface area contributed by atoms with Crippen LogP contribution in [0, 0.1) is 12.8 Å². The zero-order valence-electron chi connectivity index (χ0n) is 10.8. The van der Waals surface area contributed by atoms with E-state index in [0.717, 1.165) is 16.5 Å². The largest absolute Gasteiger partial charge is 0.393 e. The van der Waals surface area contributed by atoms with E-state index >= 15 is 0 Å². The highest BCUT2D eigenvalue weighted by Crippen LogP contribution is 2.29. The molecule has 0 aliphatic carbocycles. The number of benzene rings is 1. The molecule has 0 bridgehead atoms. The standard InChI is InChI=1S/C13H16BrClN2OS/c1-3-4-8(12(16)19)13(18)17-11-6-10(15)7(2)5-9(11)14/h5-6,8H,3-4H2,1-2H3,(H2,16,19)(H,17,18). The van der Waals surface area contributed by atoms with Gasteiger partial charge in [0.05, 0.1) is 16.6 Å². The van der Waals surface area contributed by atoms with Crippen LogP contribution in [0.5, 0.6) is 0 Å². The van der Waals surface area contributed by atoms with E-state index in [2.05, 4.69) is 21.2 Å². The number of thiocarbonyl (C=S) groups is 1. The number of aryl methyl sites for hydroxylation is 1. The van der Waals surface area contributed by atoms with Gasteiger partial charge in [-0.3, -0.25) is 4.79 Å². The van der Waals surface area contributed by atoms with Crippen molar-refractivity contribution in [1.82, 2.24) is 0 Å². The van der Waals surface area contributed by atoms with Crippen molar-refractivity contribution in [1.29, 1.82) is 0 Å². The minimum atomic E-state index is -0.452. The first-order valence-corrected chi connectivity index (χ1v) is 7.50. The molecule has 1 amide bonds. The molecule has 1 atom stereocenters. The minimum absolute atomic E-state index is 0.199. The maximum atomic E-state index is 12.1. The Hall–Kier alpha value is -0.650. The van der Waals surface area contributed by atoms with Crippen LogP contribution < -0.4 is 11.1 Å².